The molecule has 1 aromatic heterocycles. The zero-order valence-electron chi connectivity index (χ0n) is 8.92. The number of urea groups is 1. The fraction of sp³-hybridized carbons (Fsp3) is 0.444. The van der Waals surface area contributed by atoms with Crippen LogP contribution in [0.15, 0.2) is 12.4 Å². The Labute approximate surface area is 102 Å². The number of carboxylic acid groups (broad SMARTS) is 1. The summed E-state index contributed by atoms with van der Waals surface area (Å²) in [6.45, 7) is 0.336. The number of rotatable bonds is 3. The lowest BCUT2D eigenvalue weighted by Gasteiger charge is -2.20. The van der Waals surface area contributed by atoms with Crippen molar-refractivity contribution in [2.45, 2.75) is 12.6 Å². The van der Waals surface area contributed by atoms with Crippen molar-refractivity contribution in [2.24, 2.45) is 0 Å². The van der Waals surface area contributed by atoms with Gasteiger partial charge in [0.2, 0.25) is 0 Å². The van der Waals surface area contributed by atoms with Gasteiger partial charge >= 0.3 is 12.0 Å². The molecule has 1 fully saturated rings. The zero-order chi connectivity index (χ0) is 12.3. The molecule has 1 aromatic rings. The van der Waals surface area contributed by atoms with E-state index in [1.807, 2.05) is 0 Å². The second-order valence-corrected chi connectivity index (χ2v) is 4.59. The number of aromatic nitrogens is 2. The molecule has 1 aliphatic rings. The van der Waals surface area contributed by atoms with E-state index in [4.69, 9.17) is 5.11 Å². The first kappa shape index (κ1) is 11.8. The predicted molar refractivity (Wildman–Crippen MR) is 61.4 cm³/mol. The topological polar surface area (TPSA) is 98.3 Å². The molecule has 0 aromatic carbocycles. The number of hydrogen-bond acceptors (Lipinski definition) is 4. The number of carbonyl (C=O) groups excluding carboxylic acids is 1. The van der Waals surface area contributed by atoms with Crippen LogP contribution in [0.1, 0.15) is 5.56 Å². The van der Waals surface area contributed by atoms with Gasteiger partial charge in [-0.3, -0.25) is 5.10 Å². The standard InChI is InChI=1S/C9H12N4O3S/c14-8(15)7-4-17-5-13(7)9(16)10-1-6-2-11-12-3-6/h2-3,7H,1,4-5H2,(H,10,16)(H,11,12)(H,14,15). The Morgan fingerprint density at radius 2 is 2.53 bits per heavy atom. The lowest BCUT2D eigenvalue weighted by Crippen LogP contribution is -2.46. The molecule has 1 unspecified atom stereocenters. The number of carbonyl (C=O) groups is 2. The van der Waals surface area contributed by atoms with Crippen molar-refractivity contribution >= 4 is 23.8 Å². The second-order valence-electron chi connectivity index (χ2n) is 3.59. The van der Waals surface area contributed by atoms with Gasteiger partial charge in [0.15, 0.2) is 0 Å². The molecule has 1 saturated heterocycles. The van der Waals surface area contributed by atoms with E-state index in [1.165, 1.54) is 16.7 Å². The van der Waals surface area contributed by atoms with Crippen LogP contribution in [0.4, 0.5) is 4.79 Å². The quantitative estimate of drug-likeness (QED) is 0.711. The zero-order valence-corrected chi connectivity index (χ0v) is 9.74. The Bertz CT molecular complexity index is 408. The fourth-order valence-corrected chi connectivity index (χ4v) is 2.65. The number of nitrogens with one attached hydrogen (secondary N) is 2. The lowest BCUT2D eigenvalue weighted by molar-refractivity contribution is -0.140. The minimum Gasteiger partial charge on any atom is -0.480 e. The van der Waals surface area contributed by atoms with Crippen LogP contribution >= 0.6 is 11.8 Å². The van der Waals surface area contributed by atoms with E-state index in [0.717, 1.165) is 5.56 Å². The summed E-state index contributed by atoms with van der Waals surface area (Å²) in [7, 11) is 0. The summed E-state index contributed by atoms with van der Waals surface area (Å²) in [4.78, 5) is 24.0. The largest absolute Gasteiger partial charge is 0.480 e. The van der Waals surface area contributed by atoms with E-state index in [1.54, 1.807) is 12.4 Å². The number of thioether (sulfide) groups is 1. The summed E-state index contributed by atoms with van der Waals surface area (Å²) in [5.74, 6) is -0.115. The van der Waals surface area contributed by atoms with Crippen molar-refractivity contribution in [3.63, 3.8) is 0 Å². The summed E-state index contributed by atoms with van der Waals surface area (Å²) >= 11 is 1.44. The van der Waals surface area contributed by atoms with Gasteiger partial charge in [0.05, 0.1) is 12.1 Å². The fourth-order valence-electron chi connectivity index (χ4n) is 1.50. The molecule has 2 heterocycles. The molecule has 0 spiro atoms. The van der Waals surface area contributed by atoms with Crippen molar-refractivity contribution in [3.8, 4) is 0 Å². The first-order valence-electron chi connectivity index (χ1n) is 5.01. The summed E-state index contributed by atoms with van der Waals surface area (Å²) in [6.07, 6.45) is 3.28. The van der Waals surface area contributed by atoms with Crippen molar-refractivity contribution < 1.29 is 14.7 Å². The van der Waals surface area contributed by atoms with Gasteiger partial charge in [0.1, 0.15) is 6.04 Å². The lowest BCUT2D eigenvalue weighted by atomic mass is 10.3. The molecule has 2 rings (SSSR count). The van der Waals surface area contributed by atoms with Gasteiger partial charge in [-0.1, -0.05) is 0 Å². The third-order valence-electron chi connectivity index (χ3n) is 2.43. The van der Waals surface area contributed by atoms with E-state index >= 15 is 0 Å². The molecule has 3 N–H and O–H groups in total. The molecule has 7 nitrogen and oxygen atoms in total. The highest BCUT2D eigenvalue weighted by Gasteiger charge is 2.34. The normalized spacial score (nSPS) is 19.3. The highest BCUT2D eigenvalue weighted by molar-refractivity contribution is 7.99. The molecule has 0 radical (unpaired) electrons. The molecule has 17 heavy (non-hydrogen) atoms. The average molecular weight is 256 g/mol. The Morgan fingerprint density at radius 1 is 1.71 bits per heavy atom. The predicted octanol–water partition coefficient (Wildman–Crippen LogP) is 0.0788. The van der Waals surface area contributed by atoms with Crippen molar-refractivity contribution in [3.05, 3.63) is 18.0 Å². The molecule has 1 aliphatic heterocycles. The summed E-state index contributed by atoms with van der Waals surface area (Å²) < 4.78 is 0. The second kappa shape index (κ2) is 5.09. The number of amides is 2. The maximum atomic E-state index is 11.8. The van der Waals surface area contributed by atoms with Crippen LogP contribution < -0.4 is 5.32 Å². The number of aliphatic carboxylic acids is 1. The van der Waals surface area contributed by atoms with Crippen molar-refractivity contribution in [1.82, 2.24) is 20.4 Å². The van der Waals surface area contributed by atoms with Gasteiger partial charge < -0.3 is 15.3 Å². The monoisotopic (exact) mass is 256 g/mol. The number of aromatic amines is 1. The third-order valence-corrected chi connectivity index (χ3v) is 3.44. The van der Waals surface area contributed by atoms with Crippen molar-refractivity contribution in [2.75, 3.05) is 11.6 Å². The third kappa shape index (κ3) is 2.70. The van der Waals surface area contributed by atoms with Gasteiger partial charge in [-0.25, -0.2) is 9.59 Å². The van der Waals surface area contributed by atoms with Gasteiger partial charge in [0, 0.05) is 24.1 Å². The van der Waals surface area contributed by atoms with Gasteiger partial charge in [-0.2, -0.15) is 5.10 Å². The van der Waals surface area contributed by atoms with E-state index < -0.39 is 12.0 Å². The first-order chi connectivity index (χ1) is 8.18. The van der Waals surface area contributed by atoms with E-state index in [-0.39, 0.29) is 6.03 Å². The Hall–Kier alpha value is -1.70. The van der Waals surface area contributed by atoms with Gasteiger partial charge in [-0.05, 0) is 0 Å². The van der Waals surface area contributed by atoms with E-state index in [9.17, 15) is 9.59 Å². The Morgan fingerprint density at radius 3 is 3.18 bits per heavy atom. The number of H-pyrrole nitrogens is 1. The number of hydrogen-bond donors (Lipinski definition) is 3. The molecule has 2 amide bonds. The number of nitrogens with zero attached hydrogens (tertiary/aromatic N) is 2. The van der Waals surface area contributed by atoms with E-state index in [2.05, 4.69) is 15.5 Å². The van der Waals surface area contributed by atoms with Crippen LogP contribution in [0, 0.1) is 0 Å². The number of carboxylic acids is 1. The molecule has 92 valence electrons. The molecular weight excluding hydrogens is 244 g/mol. The van der Waals surface area contributed by atoms with Crippen molar-refractivity contribution in [1.29, 1.82) is 0 Å². The van der Waals surface area contributed by atoms with E-state index in [0.29, 0.717) is 18.2 Å². The van der Waals surface area contributed by atoms with Crippen LogP contribution in [0.5, 0.6) is 0 Å². The highest BCUT2D eigenvalue weighted by Crippen LogP contribution is 2.20. The molecule has 8 heteroatoms. The molecule has 1 atom stereocenters. The summed E-state index contributed by atoms with van der Waals surface area (Å²) in [5, 5.41) is 18.0. The van der Waals surface area contributed by atoms with Crippen LogP contribution in [-0.4, -0.2) is 49.9 Å². The minimum atomic E-state index is -0.964. The van der Waals surface area contributed by atoms with Crippen LogP contribution in [-0.2, 0) is 11.3 Å². The maximum absolute atomic E-state index is 11.8. The average Bonchev–Trinajstić information content (AvgIpc) is 2.96. The molecular formula is C9H12N4O3S. The highest BCUT2D eigenvalue weighted by atomic mass is 32.2. The minimum absolute atomic E-state index is 0.336. The van der Waals surface area contributed by atoms with Gasteiger partial charge in [0.25, 0.3) is 0 Å². The summed E-state index contributed by atoms with van der Waals surface area (Å²) in [6, 6.07) is -1.09. The van der Waals surface area contributed by atoms with Crippen LogP contribution in [0.25, 0.3) is 0 Å². The van der Waals surface area contributed by atoms with Gasteiger partial charge in [-0.15, -0.1) is 11.8 Å². The van der Waals surface area contributed by atoms with Crippen LogP contribution in [0.2, 0.25) is 0 Å². The Kier molecular flexibility index (Phi) is 3.52. The summed E-state index contributed by atoms with van der Waals surface area (Å²) in [5.41, 5.74) is 0.845. The molecule has 0 saturated carbocycles. The maximum Gasteiger partial charge on any atom is 0.327 e. The molecule has 0 aliphatic carbocycles. The smallest absolute Gasteiger partial charge is 0.327 e. The SMILES string of the molecule is O=C(O)C1CSCN1C(=O)NCc1cn[nH]c1. The molecule has 0 bridgehead atoms. The van der Waals surface area contributed by atoms with Crippen LogP contribution in [0.3, 0.4) is 0 Å². The first-order valence-corrected chi connectivity index (χ1v) is 6.16. The Balaban J connectivity index is 1.89.